The molecule has 0 aliphatic heterocycles. The number of hydrogen-bond donors (Lipinski definition) is 2. The second-order valence-electron chi connectivity index (χ2n) is 4.27. The summed E-state index contributed by atoms with van der Waals surface area (Å²) >= 11 is 0. The number of aromatic nitrogens is 2. The van der Waals surface area contributed by atoms with Gasteiger partial charge < -0.3 is 5.73 Å². The number of benzene rings is 2. The topological polar surface area (TPSA) is 54.7 Å². The maximum atomic E-state index is 13.7. The second kappa shape index (κ2) is 4.57. The minimum atomic E-state index is -0.273. The molecule has 0 fully saturated rings. The second-order valence-corrected chi connectivity index (χ2v) is 4.27. The lowest BCUT2D eigenvalue weighted by atomic mass is 10.1. The zero-order valence-electron chi connectivity index (χ0n) is 10.1. The summed E-state index contributed by atoms with van der Waals surface area (Å²) in [6.45, 7) is 0. The molecule has 0 radical (unpaired) electrons. The van der Waals surface area contributed by atoms with Gasteiger partial charge in [-0.25, -0.2) is 4.39 Å². The summed E-state index contributed by atoms with van der Waals surface area (Å²) in [5.41, 5.74) is 9.21. The molecule has 0 spiro atoms. The molecule has 3 aromatic rings. The Morgan fingerprint density at radius 1 is 1.00 bits per heavy atom. The average Bonchev–Trinajstić information content (AvgIpc) is 2.89. The molecule has 0 unspecified atom stereocenters. The molecule has 1 aromatic heterocycles. The number of nitrogens with two attached hydrogens (primary N) is 1. The summed E-state index contributed by atoms with van der Waals surface area (Å²) < 4.78 is 13.7. The van der Waals surface area contributed by atoms with E-state index in [0.717, 1.165) is 11.3 Å². The van der Waals surface area contributed by atoms with Crippen LogP contribution in [0, 0.1) is 5.82 Å². The van der Waals surface area contributed by atoms with Gasteiger partial charge in [-0.15, -0.1) is 0 Å². The summed E-state index contributed by atoms with van der Waals surface area (Å²) in [5, 5.41) is 7.05. The van der Waals surface area contributed by atoms with E-state index in [-0.39, 0.29) is 5.82 Å². The molecule has 0 saturated carbocycles. The number of aromatic amines is 1. The number of rotatable bonds is 2. The summed E-state index contributed by atoms with van der Waals surface area (Å²) in [6, 6.07) is 15.8. The smallest absolute Gasteiger partial charge is 0.132 e. The highest BCUT2D eigenvalue weighted by molar-refractivity contribution is 5.70. The van der Waals surface area contributed by atoms with E-state index in [0.29, 0.717) is 16.9 Å². The first-order chi connectivity index (χ1) is 9.24. The summed E-state index contributed by atoms with van der Waals surface area (Å²) in [7, 11) is 0. The number of halogens is 1. The van der Waals surface area contributed by atoms with E-state index in [2.05, 4.69) is 10.2 Å². The largest absolute Gasteiger partial charge is 0.399 e. The van der Waals surface area contributed by atoms with Gasteiger partial charge in [0.25, 0.3) is 0 Å². The van der Waals surface area contributed by atoms with Crippen LogP contribution in [0.3, 0.4) is 0 Å². The van der Waals surface area contributed by atoms with Crippen molar-refractivity contribution < 1.29 is 4.39 Å². The predicted octanol–water partition coefficient (Wildman–Crippen LogP) is 3.47. The first-order valence-electron chi connectivity index (χ1n) is 5.90. The fourth-order valence-electron chi connectivity index (χ4n) is 1.99. The van der Waals surface area contributed by atoms with Crippen LogP contribution < -0.4 is 5.73 Å². The van der Waals surface area contributed by atoms with Crippen molar-refractivity contribution in [3.63, 3.8) is 0 Å². The highest BCUT2D eigenvalue weighted by atomic mass is 19.1. The monoisotopic (exact) mass is 253 g/mol. The Hall–Kier alpha value is -2.62. The van der Waals surface area contributed by atoms with E-state index in [1.807, 2.05) is 30.3 Å². The number of nitrogen functional groups attached to an aromatic ring is 1. The number of H-pyrrole nitrogens is 1. The zero-order chi connectivity index (χ0) is 13.2. The molecule has 0 aliphatic rings. The van der Waals surface area contributed by atoms with Crippen LogP contribution in [0.15, 0.2) is 54.6 Å². The molecular formula is C15H12FN3. The van der Waals surface area contributed by atoms with Gasteiger partial charge in [0.2, 0.25) is 0 Å². The van der Waals surface area contributed by atoms with Crippen molar-refractivity contribution in [2.45, 2.75) is 0 Å². The minimum Gasteiger partial charge on any atom is -0.399 e. The van der Waals surface area contributed by atoms with Gasteiger partial charge in [-0.2, -0.15) is 5.10 Å². The molecule has 3 rings (SSSR count). The lowest BCUT2D eigenvalue weighted by molar-refractivity contribution is 0.630. The molecule has 0 bridgehead atoms. The molecule has 3 nitrogen and oxygen atoms in total. The number of hydrogen-bond acceptors (Lipinski definition) is 2. The molecular weight excluding hydrogens is 241 g/mol. The van der Waals surface area contributed by atoms with Gasteiger partial charge in [0, 0.05) is 16.8 Å². The van der Waals surface area contributed by atoms with Crippen molar-refractivity contribution in [2.24, 2.45) is 0 Å². The van der Waals surface area contributed by atoms with Crippen molar-refractivity contribution >= 4 is 5.69 Å². The normalized spacial score (nSPS) is 10.6. The first kappa shape index (κ1) is 11.5. The molecule has 4 heteroatoms. The number of anilines is 1. The highest BCUT2D eigenvalue weighted by Crippen LogP contribution is 2.26. The Labute approximate surface area is 109 Å². The van der Waals surface area contributed by atoms with Gasteiger partial charge >= 0.3 is 0 Å². The zero-order valence-corrected chi connectivity index (χ0v) is 10.1. The number of nitrogens with one attached hydrogen (secondary N) is 1. The third kappa shape index (κ3) is 2.20. The number of nitrogens with zero attached hydrogens (tertiary/aromatic N) is 1. The summed E-state index contributed by atoms with van der Waals surface area (Å²) in [5.74, 6) is -0.273. The average molecular weight is 253 g/mol. The van der Waals surface area contributed by atoms with Crippen LogP contribution >= 0.6 is 0 Å². The molecule has 0 aliphatic carbocycles. The third-order valence-corrected chi connectivity index (χ3v) is 2.92. The highest BCUT2D eigenvalue weighted by Gasteiger charge is 2.09. The molecule has 1 heterocycles. The first-order valence-corrected chi connectivity index (χ1v) is 5.90. The molecule has 94 valence electrons. The summed E-state index contributed by atoms with van der Waals surface area (Å²) in [6.07, 6.45) is 0. The Kier molecular flexibility index (Phi) is 2.76. The molecule has 0 atom stereocenters. The van der Waals surface area contributed by atoms with Crippen LogP contribution in [0.25, 0.3) is 22.5 Å². The van der Waals surface area contributed by atoms with E-state index in [9.17, 15) is 4.39 Å². The van der Waals surface area contributed by atoms with Gasteiger partial charge in [-0.05, 0) is 30.3 Å². The van der Waals surface area contributed by atoms with Crippen LogP contribution in [-0.4, -0.2) is 10.2 Å². The Morgan fingerprint density at radius 2 is 1.84 bits per heavy atom. The maximum absolute atomic E-state index is 13.7. The standard InChI is InChI=1S/C15H12FN3/c16-13-7-2-1-6-12(13)15-9-14(18-19-15)10-4-3-5-11(17)8-10/h1-9H,17H2,(H,18,19). The van der Waals surface area contributed by atoms with Crippen LogP contribution in [0.4, 0.5) is 10.1 Å². The van der Waals surface area contributed by atoms with E-state index < -0.39 is 0 Å². The Morgan fingerprint density at radius 3 is 2.63 bits per heavy atom. The molecule has 0 saturated heterocycles. The van der Waals surface area contributed by atoms with E-state index >= 15 is 0 Å². The molecule has 19 heavy (non-hydrogen) atoms. The molecule has 2 aromatic carbocycles. The van der Waals surface area contributed by atoms with Gasteiger partial charge in [-0.3, -0.25) is 5.10 Å². The van der Waals surface area contributed by atoms with Gasteiger partial charge in [0.05, 0.1) is 11.4 Å². The van der Waals surface area contributed by atoms with Crippen LogP contribution in [0.1, 0.15) is 0 Å². The lowest BCUT2D eigenvalue weighted by Gasteiger charge is -1.98. The van der Waals surface area contributed by atoms with Crippen molar-refractivity contribution in [3.05, 3.63) is 60.4 Å². The molecule has 3 N–H and O–H groups in total. The Bertz CT molecular complexity index is 719. The predicted molar refractivity (Wildman–Crippen MR) is 73.8 cm³/mol. The Balaban J connectivity index is 2.03. The SMILES string of the molecule is Nc1cccc(-c2cc(-c3ccccc3F)[nH]n2)c1. The van der Waals surface area contributed by atoms with Crippen LogP contribution in [0.5, 0.6) is 0 Å². The summed E-state index contributed by atoms with van der Waals surface area (Å²) in [4.78, 5) is 0. The quantitative estimate of drug-likeness (QED) is 0.687. The van der Waals surface area contributed by atoms with Gasteiger partial charge in [0.15, 0.2) is 0 Å². The fraction of sp³-hybridized carbons (Fsp3) is 0. The fourth-order valence-corrected chi connectivity index (χ4v) is 1.99. The van der Waals surface area contributed by atoms with Crippen molar-refractivity contribution in [3.8, 4) is 22.5 Å². The lowest BCUT2D eigenvalue weighted by Crippen LogP contribution is -1.84. The van der Waals surface area contributed by atoms with Crippen molar-refractivity contribution in [2.75, 3.05) is 5.73 Å². The van der Waals surface area contributed by atoms with Crippen LogP contribution in [0.2, 0.25) is 0 Å². The minimum absolute atomic E-state index is 0.273. The van der Waals surface area contributed by atoms with Gasteiger partial charge in [-0.1, -0.05) is 24.3 Å². The van der Waals surface area contributed by atoms with Gasteiger partial charge in [0.1, 0.15) is 5.82 Å². The van der Waals surface area contributed by atoms with E-state index in [1.54, 1.807) is 18.2 Å². The molecule has 0 amide bonds. The van der Waals surface area contributed by atoms with Crippen molar-refractivity contribution in [1.82, 2.24) is 10.2 Å². The van der Waals surface area contributed by atoms with E-state index in [4.69, 9.17) is 5.73 Å². The third-order valence-electron chi connectivity index (χ3n) is 2.92. The van der Waals surface area contributed by atoms with Crippen LogP contribution in [-0.2, 0) is 0 Å². The van der Waals surface area contributed by atoms with E-state index in [1.165, 1.54) is 6.07 Å². The van der Waals surface area contributed by atoms with Crippen molar-refractivity contribution in [1.29, 1.82) is 0 Å². The maximum Gasteiger partial charge on any atom is 0.132 e.